The lowest BCUT2D eigenvalue weighted by Crippen LogP contribution is -2.32. The monoisotopic (exact) mass is 281 g/mol. The second kappa shape index (κ2) is 6.69. The summed E-state index contributed by atoms with van der Waals surface area (Å²) in [6.45, 7) is 2.07. The summed E-state index contributed by atoms with van der Waals surface area (Å²) >= 11 is 0. The number of halogens is 4. The van der Waals surface area contributed by atoms with E-state index in [1.54, 1.807) is 0 Å². The Morgan fingerprint density at radius 1 is 1.26 bits per heavy atom. The highest BCUT2D eigenvalue weighted by molar-refractivity contribution is 6.50. The topological polar surface area (TPSA) is 29.1 Å². The summed E-state index contributed by atoms with van der Waals surface area (Å²) in [5.74, 6) is 0. The number of likely N-dealkylation sites (tertiary alicyclic amines) is 1. The highest BCUT2D eigenvalue weighted by Gasteiger charge is 2.26. The standard InChI is InChI=1S/C10H16N3O.BF4/c1-11-6-7-13(9-11)10(8-14)12-4-2-3-5-12;2-1(3,4)5/h6-10H,2-5H2,1H3;/q+1;-1. The molecule has 1 aromatic rings. The fourth-order valence-electron chi connectivity index (χ4n) is 1.98. The summed E-state index contributed by atoms with van der Waals surface area (Å²) < 4.78 is 42.9. The molecule has 0 N–H and O–H groups in total. The van der Waals surface area contributed by atoms with Crippen LogP contribution in [0, 0.1) is 0 Å². The fraction of sp³-hybridized carbons (Fsp3) is 0.600. The average molecular weight is 281 g/mol. The van der Waals surface area contributed by atoms with E-state index < -0.39 is 7.25 Å². The van der Waals surface area contributed by atoms with Crippen LogP contribution in [0.15, 0.2) is 18.7 Å². The maximum atomic E-state index is 11.0. The number of aromatic nitrogens is 2. The molecule has 1 fully saturated rings. The maximum absolute atomic E-state index is 11.0. The van der Waals surface area contributed by atoms with E-state index in [-0.39, 0.29) is 6.17 Å². The second-order valence-corrected chi connectivity index (χ2v) is 4.31. The summed E-state index contributed by atoms with van der Waals surface area (Å²) in [6, 6.07) is 0. The Labute approximate surface area is 108 Å². The van der Waals surface area contributed by atoms with E-state index in [1.807, 2.05) is 34.9 Å². The van der Waals surface area contributed by atoms with Gasteiger partial charge in [0.25, 0.3) is 0 Å². The molecule has 2 rings (SSSR count). The van der Waals surface area contributed by atoms with Crippen molar-refractivity contribution in [3.8, 4) is 0 Å². The fourth-order valence-corrected chi connectivity index (χ4v) is 1.98. The van der Waals surface area contributed by atoms with Crippen LogP contribution in [0.5, 0.6) is 0 Å². The minimum atomic E-state index is -6.00. The quantitative estimate of drug-likeness (QED) is 0.363. The number of hydrogen-bond acceptors (Lipinski definition) is 2. The van der Waals surface area contributed by atoms with Crippen LogP contribution in [0.25, 0.3) is 0 Å². The van der Waals surface area contributed by atoms with Crippen molar-refractivity contribution in [3.63, 3.8) is 0 Å². The van der Waals surface area contributed by atoms with Crippen LogP contribution < -0.4 is 4.57 Å². The smallest absolute Gasteiger partial charge is 0.418 e. The van der Waals surface area contributed by atoms with Gasteiger partial charge in [0.05, 0.1) is 7.05 Å². The van der Waals surface area contributed by atoms with Gasteiger partial charge in [0, 0.05) is 13.1 Å². The Morgan fingerprint density at radius 2 is 1.79 bits per heavy atom. The molecule has 1 aromatic heterocycles. The van der Waals surface area contributed by atoms with Gasteiger partial charge in [0.1, 0.15) is 12.4 Å². The van der Waals surface area contributed by atoms with Crippen molar-refractivity contribution < 1.29 is 26.6 Å². The Hall–Kier alpha value is -1.38. The molecule has 1 unspecified atom stereocenters. The molecular weight excluding hydrogens is 265 g/mol. The first-order valence-electron chi connectivity index (χ1n) is 5.90. The lowest BCUT2D eigenvalue weighted by atomic mass is 10.3. The van der Waals surface area contributed by atoms with E-state index in [4.69, 9.17) is 0 Å². The van der Waals surface area contributed by atoms with Gasteiger partial charge < -0.3 is 17.3 Å². The van der Waals surface area contributed by atoms with Gasteiger partial charge in [-0.3, -0.25) is 9.69 Å². The summed E-state index contributed by atoms with van der Waals surface area (Å²) in [4.78, 5) is 13.2. The van der Waals surface area contributed by atoms with Gasteiger partial charge in [-0.05, 0) is 12.8 Å². The van der Waals surface area contributed by atoms with Crippen molar-refractivity contribution in [2.75, 3.05) is 13.1 Å². The van der Waals surface area contributed by atoms with Crippen molar-refractivity contribution in [1.82, 2.24) is 9.47 Å². The van der Waals surface area contributed by atoms with Crippen molar-refractivity contribution in [3.05, 3.63) is 18.7 Å². The molecule has 1 saturated heterocycles. The van der Waals surface area contributed by atoms with Gasteiger partial charge >= 0.3 is 7.25 Å². The van der Waals surface area contributed by atoms with E-state index in [1.165, 1.54) is 12.8 Å². The molecule has 0 spiro atoms. The minimum Gasteiger partial charge on any atom is -0.418 e. The lowest BCUT2D eigenvalue weighted by Gasteiger charge is -2.18. The van der Waals surface area contributed by atoms with E-state index in [0.29, 0.717) is 0 Å². The molecule has 0 aromatic carbocycles. The summed E-state index contributed by atoms with van der Waals surface area (Å²) in [7, 11) is -4.04. The molecule has 0 bridgehead atoms. The van der Waals surface area contributed by atoms with Crippen molar-refractivity contribution in [1.29, 1.82) is 0 Å². The summed E-state index contributed by atoms with van der Waals surface area (Å²) in [5, 5.41) is 0. The zero-order chi connectivity index (χ0) is 14.5. The predicted octanol–water partition coefficient (Wildman–Crippen LogP) is 1.41. The molecule has 0 amide bonds. The lowest BCUT2D eigenvalue weighted by molar-refractivity contribution is -0.671. The predicted molar refractivity (Wildman–Crippen MR) is 61.7 cm³/mol. The molecule has 108 valence electrons. The first-order valence-corrected chi connectivity index (χ1v) is 5.90. The zero-order valence-corrected chi connectivity index (χ0v) is 10.6. The highest BCUT2D eigenvalue weighted by atomic mass is 19.5. The first kappa shape index (κ1) is 15.7. The second-order valence-electron chi connectivity index (χ2n) is 4.31. The largest absolute Gasteiger partial charge is 0.673 e. The number of hydrogen-bond donors (Lipinski definition) is 0. The number of aldehydes is 1. The number of carbonyl (C=O) groups excluding carboxylic acids is 1. The van der Waals surface area contributed by atoms with Crippen LogP contribution in [0.2, 0.25) is 0 Å². The normalized spacial score (nSPS) is 17.7. The molecule has 0 radical (unpaired) electrons. The Kier molecular flexibility index (Phi) is 5.52. The third-order valence-electron chi connectivity index (χ3n) is 2.73. The molecule has 9 heteroatoms. The molecular formula is C10H16BF4N3O. The third-order valence-corrected chi connectivity index (χ3v) is 2.73. The van der Waals surface area contributed by atoms with Crippen LogP contribution in [-0.2, 0) is 11.8 Å². The Morgan fingerprint density at radius 3 is 2.16 bits per heavy atom. The van der Waals surface area contributed by atoms with E-state index >= 15 is 0 Å². The van der Waals surface area contributed by atoms with Gasteiger partial charge in [-0.15, -0.1) is 0 Å². The summed E-state index contributed by atoms with van der Waals surface area (Å²) in [6.07, 6.45) is 9.15. The number of aryl methyl sites for hydroxylation is 1. The van der Waals surface area contributed by atoms with Gasteiger partial charge in [-0.1, -0.05) is 0 Å². The van der Waals surface area contributed by atoms with Crippen LogP contribution >= 0.6 is 0 Å². The van der Waals surface area contributed by atoms with Gasteiger partial charge in [-0.2, -0.15) is 0 Å². The SMILES string of the molecule is C[n+]1ccn(C(C=O)N2CCCC2)c1.F[B-](F)(F)F. The molecule has 19 heavy (non-hydrogen) atoms. The van der Waals surface area contributed by atoms with Crippen LogP contribution in [-0.4, -0.2) is 36.1 Å². The van der Waals surface area contributed by atoms with Crippen LogP contribution in [0.1, 0.15) is 19.0 Å². The number of rotatable bonds is 3. The summed E-state index contributed by atoms with van der Waals surface area (Å²) in [5.41, 5.74) is 0. The number of imidazole rings is 1. The van der Waals surface area contributed by atoms with Crippen LogP contribution in [0.3, 0.4) is 0 Å². The molecule has 1 aliphatic rings. The Balaban J connectivity index is 0.000000312. The molecule has 2 heterocycles. The molecule has 0 saturated carbocycles. The van der Waals surface area contributed by atoms with E-state index in [2.05, 4.69) is 4.90 Å². The minimum absolute atomic E-state index is 0.112. The number of carbonyl (C=O) groups is 1. The number of nitrogens with zero attached hydrogens (tertiary/aromatic N) is 3. The molecule has 4 nitrogen and oxygen atoms in total. The van der Waals surface area contributed by atoms with Gasteiger partial charge in [0.15, 0.2) is 6.29 Å². The Bertz CT molecular complexity index is 398. The van der Waals surface area contributed by atoms with Gasteiger partial charge in [0.2, 0.25) is 12.5 Å². The van der Waals surface area contributed by atoms with Gasteiger partial charge in [-0.25, -0.2) is 9.13 Å². The average Bonchev–Trinajstić information content (AvgIpc) is 2.89. The van der Waals surface area contributed by atoms with E-state index in [0.717, 1.165) is 19.4 Å². The van der Waals surface area contributed by atoms with Crippen LogP contribution in [0.4, 0.5) is 17.3 Å². The van der Waals surface area contributed by atoms with Crippen molar-refractivity contribution >= 4 is 13.5 Å². The molecule has 1 atom stereocenters. The third kappa shape index (κ3) is 5.86. The zero-order valence-electron chi connectivity index (χ0n) is 10.6. The maximum Gasteiger partial charge on any atom is 0.673 e. The first-order chi connectivity index (χ1) is 8.81. The highest BCUT2D eigenvalue weighted by Crippen LogP contribution is 2.17. The van der Waals surface area contributed by atoms with E-state index in [9.17, 15) is 22.1 Å². The molecule has 1 aliphatic heterocycles. The van der Waals surface area contributed by atoms with Crippen molar-refractivity contribution in [2.45, 2.75) is 19.0 Å². The molecule has 0 aliphatic carbocycles. The van der Waals surface area contributed by atoms with Crippen molar-refractivity contribution in [2.24, 2.45) is 7.05 Å².